The van der Waals surface area contributed by atoms with Crippen LogP contribution in [0.4, 0.5) is 0 Å². The molecule has 4 aliphatic rings. The number of nitrogens with one attached hydrogen (secondary N) is 1. The van der Waals surface area contributed by atoms with Gasteiger partial charge in [-0.1, -0.05) is 71.4 Å². The second-order valence-electron chi connectivity index (χ2n) is 13.4. The molecule has 4 fully saturated rings. The lowest BCUT2D eigenvalue weighted by atomic mass is 9.45. The molecule has 0 aromatic heterocycles. The number of aliphatic hydroxyl groups is 1. The molecule has 7 atom stereocenters. The number of rotatable bonds is 7. The topological polar surface area (TPSA) is 96.9 Å². The summed E-state index contributed by atoms with van der Waals surface area (Å²) < 4.78 is 2.96. The van der Waals surface area contributed by atoms with Gasteiger partial charge in [0.1, 0.15) is 6.07 Å². The molecule has 1 aromatic rings. The minimum Gasteiger partial charge on any atom is -0.400 e. The highest BCUT2D eigenvalue weighted by molar-refractivity contribution is 7.98. The molecule has 4 aliphatic carbocycles. The summed E-state index contributed by atoms with van der Waals surface area (Å²) in [6.45, 7) is 14.5. The minimum atomic E-state index is 0.0877. The van der Waals surface area contributed by atoms with E-state index in [2.05, 4.69) is 31.2 Å². The molecule has 45 heavy (non-hydrogen) atoms. The highest BCUT2D eigenvalue weighted by Gasteiger charge is 2.59. The SMILES string of the molecule is C=C/C(C#N)=C\C.CC.CC12CCCCC1CCC1C2CCC2(C)C(CCCC(=O)NSc3ccccc3C#N)CCC12.CO. The molecule has 1 amide bonds. The number of aliphatic hydroxyl groups excluding tert-OH is 1. The minimum absolute atomic E-state index is 0.0877. The van der Waals surface area contributed by atoms with Crippen LogP contribution in [0.15, 0.2) is 53.5 Å². The summed E-state index contributed by atoms with van der Waals surface area (Å²) in [4.78, 5) is 13.3. The fourth-order valence-electron chi connectivity index (χ4n) is 9.43. The lowest BCUT2D eigenvalue weighted by molar-refractivity contribution is -0.119. The van der Waals surface area contributed by atoms with E-state index >= 15 is 0 Å². The molecular formula is C39H59N3O2S. The fourth-order valence-corrected chi connectivity index (χ4v) is 10.1. The van der Waals surface area contributed by atoms with Gasteiger partial charge >= 0.3 is 0 Å². The molecule has 0 heterocycles. The zero-order valence-electron chi connectivity index (χ0n) is 28.9. The van der Waals surface area contributed by atoms with E-state index in [0.717, 1.165) is 48.0 Å². The molecule has 0 spiro atoms. The number of amides is 1. The van der Waals surface area contributed by atoms with Crippen LogP contribution < -0.4 is 4.72 Å². The second kappa shape index (κ2) is 19.2. The Labute approximate surface area is 279 Å². The first-order valence-electron chi connectivity index (χ1n) is 17.4. The first-order chi connectivity index (χ1) is 21.8. The van der Waals surface area contributed by atoms with Crippen LogP contribution >= 0.6 is 11.9 Å². The van der Waals surface area contributed by atoms with Crippen LogP contribution in [0, 0.1) is 63.1 Å². The van der Waals surface area contributed by atoms with Crippen LogP contribution in [0.3, 0.4) is 0 Å². The van der Waals surface area contributed by atoms with Gasteiger partial charge in [0.2, 0.25) is 5.91 Å². The molecule has 0 radical (unpaired) electrons. The average molecular weight is 634 g/mol. The Balaban J connectivity index is 0.000000561. The number of fused-ring (bicyclic) bond motifs is 5. The molecule has 7 unspecified atom stereocenters. The van der Waals surface area contributed by atoms with Crippen molar-refractivity contribution in [3.05, 3.63) is 54.1 Å². The van der Waals surface area contributed by atoms with Gasteiger partial charge in [-0.2, -0.15) is 10.5 Å². The number of hydrogen-bond donors (Lipinski definition) is 2. The summed E-state index contributed by atoms with van der Waals surface area (Å²) in [7, 11) is 1.00. The summed E-state index contributed by atoms with van der Waals surface area (Å²) in [6, 6.07) is 11.6. The van der Waals surface area contributed by atoms with Crippen molar-refractivity contribution in [1.82, 2.24) is 4.72 Å². The van der Waals surface area contributed by atoms with E-state index in [9.17, 15) is 10.1 Å². The van der Waals surface area contributed by atoms with E-state index in [1.807, 2.05) is 38.1 Å². The van der Waals surface area contributed by atoms with E-state index in [0.29, 0.717) is 28.4 Å². The summed E-state index contributed by atoms with van der Waals surface area (Å²) in [5.74, 6) is 4.73. The summed E-state index contributed by atoms with van der Waals surface area (Å²) in [5.41, 5.74) is 2.36. The van der Waals surface area contributed by atoms with Crippen LogP contribution in [-0.4, -0.2) is 18.1 Å². The Morgan fingerprint density at radius 3 is 2.38 bits per heavy atom. The highest BCUT2D eigenvalue weighted by Crippen LogP contribution is 2.67. The molecular weight excluding hydrogens is 575 g/mol. The largest absolute Gasteiger partial charge is 0.400 e. The number of carbonyl (C=O) groups is 1. The van der Waals surface area contributed by atoms with Crippen molar-refractivity contribution in [3.8, 4) is 12.1 Å². The Bertz CT molecular complexity index is 1200. The first-order valence-corrected chi connectivity index (χ1v) is 18.2. The Morgan fingerprint density at radius 1 is 1.02 bits per heavy atom. The van der Waals surface area contributed by atoms with Crippen LogP contribution in [0.5, 0.6) is 0 Å². The lowest BCUT2D eigenvalue weighted by Gasteiger charge is -2.60. The van der Waals surface area contributed by atoms with Crippen molar-refractivity contribution in [2.45, 2.75) is 123 Å². The molecule has 4 saturated carbocycles. The predicted octanol–water partition coefficient (Wildman–Crippen LogP) is 10.2. The zero-order chi connectivity index (χ0) is 33.5. The van der Waals surface area contributed by atoms with Crippen molar-refractivity contribution in [3.63, 3.8) is 0 Å². The number of nitrogens with zero attached hydrogens (tertiary/aromatic N) is 2. The third kappa shape index (κ3) is 9.27. The van der Waals surface area contributed by atoms with Crippen LogP contribution in [0.2, 0.25) is 0 Å². The molecule has 0 saturated heterocycles. The van der Waals surface area contributed by atoms with Gasteiger partial charge < -0.3 is 5.11 Å². The number of carbonyl (C=O) groups excluding carboxylic acids is 1. The van der Waals surface area contributed by atoms with Gasteiger partial charge in [-0.05, 0) is 136 Å². The second-order valence-corrected chi connectivity index (χ2v) is 14.3. The number of allylic oxidation sites excluding steroid dienone is 3. The molecule has 5 nitrogen and oxygen atoms in total. The maximum Gasteiger partial charge on any atom is 0.230 e. The van der Waals surface area contributed by atoms with Crippen LogP contribution in [-0.2, 0) is 4.79 Å². The fraction of sp³-hybridized carbons (Fsp3) is 0.667. The van der Waals surface area contributed by atoms with Gasteiger partial charge in [0.25, 0.3) is 0 Å². The third-order valence-corrected chi connectivity index (χ3v) is 12.6. The normalized spacial score (nSPS) is 31.1. The van der Waals surface area contributed by atoms with E-state index in [1.165, 1.54) is 88.7 Å². The molecule has 248 valence electrons. The standard InChI is InChI=1S/C30H42N2OS.C6H7N.C2H6.CH4O/c1-29-18-6-5-9-22(29)13-15-24-25-16-14-23(30(25,2)19-17-26(24)29)10-7-12-28(33)32-34-27-11-4-3-8-21(27)20-31;1-3-6(4-2)5-7;2*1-2/h3-4,8,11,22-26H,5-7,9-10,12-19H2,1-2H3,(H,32,33);3-4H,1H2,2H3;1-2H3;2H,1H3/b;6-4+;;. The monoisotopic (exact) mass is 633 g/mol. The van der Waals surface area contributed by atoms with Gasteiger partial charge in [-0.3, -0.25) is 9.52 Å². The zero-order valence-corrected chi connectivity index (χ0v) is 29.7. The lowest BCUT2D eigenvalue weighted by Crippen LogP contribution is -2.52. The molecule has 0 aliphatic heterocycles. The van der Waals surface area contributed by atoms with Crippen LogP contribution in [0.25, 0.3) is 0 Å². The van der Waals surface area contributed by atoms with Crippen molar-refractivity contribution in [2.24, 2.45) is 40.4 Å². The summed E-state index contributed by atoms with van der Waals surface area (Å²) in [6.07, 6.45) is 20.6. The third-order valence-electron chi connectivity index (χ3n) is 11.7. The molecule has 2 N–H and O–H groups in total. The van der Waals surface area contributed by atoms with Gasteiger partial charge in [0, 0.05) is 24.0 Å². The smallest absolute Gasteiger partial charge is 0.230 e. The van der Waals surface area contributed by atoms with Crippen molar-refractivity contribution in [1.29, 1.82) is 10.5 Å². The summed E-state index contributed by atoms with van der Waals surface area (Å²) >= 11 is 1.28. The number of benzene rings is 1. The Hall–Kier alpha value is -2.54. The number of hydrogen-bond acceptors (Lipinski definition) is 5. The van der Waals surface area contributed by atoms with E-state index < -0.39 is 0 Å². The van der Waals surface area contributed by atoms with Crippen molar-refractivity contribution >= 4 is 17.9 Å². The molecule has 0 bridgehead atoms. The van der Waals surface area contributed by atoms with Gasteiger partial charge in [0.05, 0.1) is 11.6 Å². The predicted molar refractivity (Wildman–Crippen MR) is 188 cm³/mol. The van der Waals surface area contributed by atoms with Crippen LogP contribution in [0.1, 0.15) is 124 Å². The number of nitriles is 2. The van der Waals surface area contributed by atoms with E-state index in [1.54, 1.807) is 19.1 Å². The quantitative estimate of drug-likeness (QED) is 0.177. The van der Waals surface area contributed by atoms with Crippen molar-refractivity contribution in [2.75, 3.05) is 7.11 Å². The van der Waals surface area contributed by atoms with Gasteiger partial charge in [-0.25, -0.2) is 0 Å². The van der Waals surface area contributed by atoms with Crippen molar-refractivity contribution < 1.29 is 9.90 Å². The average Bonchev–Trinajstić information content (AvgIpc) is 3.42. The highest BCUT2D eigenvalue weighted by atomic mass is 32.2. The molecule has 1 aromatic carbocycles. The molecule has 5 rings (SSSR count). The van der Waals surface area contributed by atoms with E-state index in [4.69, 9.17) is 10.4 Å². The Morgan fingerprint density at radius 2 is 1.73 bits per heavy atom. The Kier molecular flexibility index (Phi) is 16.5. The van der Waals surface area contributed by atoms with E-state index in [-0.39, 0.29) is 5.91 Å². The maximum atomic E-state index is 12.5. The summed E-state index contributed by atoms with van der Waals surface area (Å²) in [5, 5.41) is 24.4. The van der Waals surface area contributed by atoms with Gasteiger partial charge in [0.15, 0.2) is 0 Å². The molecule has 6 heteroatoms. The van der Waals surface area contributed by atoms with Gasteiger partial charge in [-0.15, -0.1) is 0 Å². The maximum absolute atomic E-state index is 12.5. The first kappa shape index (κ1) is 38.6.